The molecule has 0 saturated heterocycles. The quantitative estimate of drug-likeness (QED) is 0.726. The highest BCUT2D eigenvalue weighted by Gasteiger charge is 2.39. The first kappa shape index (κ1) is 14.0. The van der Waals surface area contributed by atoms with Crippen LogP contribution in [0.15, 0.2) is 11.1 Å². The first-order valence-electron chi connectivity index (χ1n) is 7.44. The van der Waals surface area contributed by atoms with E-state index in [9.17, 15) is 4.79 Å². The van der Waals surface area contributed by atoms with E-state index in [-0.39, 0.29) is 0 Å². The van der Waals surface area contributed by atoms with Gasteiger partial charge in [0.15, 0.2) is 0 Å². The first-order valence-corrected chi connectivity index (χ1v) is 8.49. The van der Waals surface area contributed by atoms with Crippen LogP contribution in [0.5, 0.6) is 0 Å². The molecule has 0 bridgehead atoms. The highest BCUT2D eigenvalue weighted by Crippen LogP contribution is 2.41. The standard InChI is InChI=1S/C15H25NOS/c1-3-5-10-16-14(17)12-8-6-7-9-13(12)15(16)18-11-4-2/h15H,3-11H2,1-2H3. The van der Waals surface area contributed by atoms with Gasteiger partial charge in [0.25, 0.3) is 5.91 Å². The van der Waals surface area contributed by atoms with Gasteiger partial charge in [0.1, 0.15) is 5.37 Å². The fourth-order valence-corrected chi connectivity index (χ4v) is 4.18. The van der Waals surface area contributed by atoms with Crippen molar-refractivity contribution in [2.24, 2.45) is 0 Å². The van der Waals surface area contributed by atoms with Gasteiger partial charge in [-0.15, -0.1) is 11.8 Å². The van der Waals surface area contributed by atoms with Gasteiger partial charge in [0.05, 0.1) is 0 Å². The lowest BCUT2D eigenvalue weighted by atomic mass is 9.94. The number of hydrogen-bond donors (Lipinski definition) is 0. The highest BCUT2D eigenvalue weighted by atomic mass is 32.2. The maximum Gasteiger partial charge on any atom is 0.250 e. The summed E-state index contributed by atoms with van der Waals surface area (Å²) < 4.78 is 0. The normalized spacial score (nSPS) is 23.8. The number of amides is 1. The molecule has 0 radical (unpaired) electrons. The summed E-state index contributed by atoms with van der Waals surface area (Å²) in [5.41, 5.74) is 2.65. The number of carbonyl (C=O) groups is 1. The summed E-state index contributed by atoms with van der Waals surface area (Å²) in [4.78, 5) is 14.6. The largest absolute Gasteiger partial charge is 0.323 e. The van der Waals surface area contributed by atoms with E-state index in [0.29, 0.717) is 11.3 Å². The lowest BCUT2D eigenvalue weighted by Crippen LogP contribution is -2.34. The van der Waals surface area contributed by atoms with Crippen LogP contribution in [0.2, 0.25) is 0 Å². The molecule has 2 aliphatic rings. The summed E-state index contributed by atoms with van der Waals surface area (Å²) in [6.07, 6.45) is 8.16. The molecule has 1 heterocycles. The van der Waals surface area contributed by atoms with Crippen molar-refractivity contribution >= 4 is 17.7 Å². The van der Waals surface area contributed by atoms with Crippen molar-refractivity contribution in [3.05, 3.63) is 11.1 Å². The molecule has 1 atom stereocenters. The molecule has 1 unspecified atom stereocenters. The summed E-state index contributed by atoms with van der Waals surface area (Å²) in [6, 6.07) is 0. The second-order valence-electron chi connectivity index (χ2n) is 5.29. The van der Waals surface area contributed by atoms with E-state index in [1.807, 2.05) is 11.8 Å². The van der Waals surface area contributed by atoms with E-state index in [0.717, 1.165) is 31.6 Å². The van der Waals surface area contributed by atoms with Crippen molar-refractivity contribution in [2.75, 3.05) is 12.3 Å². The van der Waals surface area contributed by atoms with Crippen molar-refractivity contribution in [1.29, 1.82) is 0 Å². The monoisotopic (exact) mass is 267 g/mol. The molecular formula is C15H25NOS. The van der Waals surface area contributed by atoms with Crippen LogP contribution in [0.4, 0.5) is 0 Å². The van der Waals surface area contributed by atoms with Crippen LogP contribution < -0.4 is 0 Å². The number of carbonyl (C=O) groups excluding carboxylic acids is 1. The number of rotatable bonds is 6. The van der Waals surface area contributed by atoms with Crippen molar-refractivity contribution < 1.29 is 4.79 Å². The van der Waals surface area contributed by atoms with E-state index in [1.165, 1.54) is 36.8 Å². The summed E-state index contributed by atoms with van der Waals surface area (Å²) in [6.45, 7) is 5.36. The van der Waals surface area contributed by atoms with Crippen LogP contribution in [0.25, 0.3) is 0 Å². The Balaban J connectivity index is 2.12. The zero-order valence-electron chi connectivity index (χ0n) is 11.7. The maximum atomic E-state index is 12.5. The van der Waals surface area contributed by atoms with Crippen LogP contribution in [0.3, 0.4) is 0 Å². The maximum absolute atomic E-state index is 12.5. The summed E-state index contributed by atoms with van der Waals surface area (Å²) in [5, 5.41) is 0.374. The minimum atomic E-state index is 0.353. The van der Waals surface area contributed by atoms with Crippen LogP contribution >= 0.6 is 11.8 Å². The number of unbranched alkanes of at least 4 members (excludes halogenated alkanes) is 1. The molecule has 0 aromatic heterocycles. The molecule has 3 heteroatoms. The molecule has 0 saturated carbocycles. The zero-order valence-corrected chi connectivity index (χ0v) is 12.5. The SMILES string of the molecule is CCCCN1C(=O)C2=C(CCCC2)C1SCCC. The van der Waals surface area contributed by atoms with E-state index in [2.05, 4.69) is 18.7 Å². The minimum Gasteiger partial charge on any atom is -0.323 e. The third-order valence-electron chi connectivity index (χ3n) is 3.84. The van der Waals surface area contributed by atoms with Crippen molar-refractivity contribution in [1.82, 2.24) is 4.90 Å². The molecule has 2 rings (SSSR count). The Hall–Kier alpha value is -0.440. The highest BCUT2D eigenvalue weighted by molar-refractivity contribution is 8.00. The topological polar surface area (TPSA) is 20.3 Å². The fraction of sp³-hybridized carbons (Fsp3) is 0.800. The van der Waals surface area contributed by atoms with Gasteiger partial charge in [-0.25, -0.2) is 0 Å². The van der Waals surface area contributed by atoms with E-state index >= 15 is 0 Å². The Bertz CT molecular complexity index is 337. The fourth-order valence-electron chi connectivity index (χ4n) is 2.88. The predicted octanol–water partition coefficient (Wildman–Crippen LogP) is 3.97. The third-order valence-corrected chi connectivity index (χ3v) is 5.34. The number of hydrogen-bond acceptors (Lipinski definition) is 2. The molecule has 18 heavy (non-hydrogen) atoms. The van der Waals surface area contributed by atoms with Crippen LogP contribution in [0, 0.1) is 0 Å². The van der Waals surface area contributed by atoms with Gasteiger partial charge < -0.3 is 4.90 Å². The average Bonchev–Trinajstić information content (AvgIpc) is 2.67. The molecule has 102 valence electrons. The molecule has 0 aromatic rings. The van der Waals surface area contributed by atoms with Gasteiger partial charge in [-0.1, -0.05) is 20.3 Å². The second kappa shape index (κ2) is 6.65. The molecule has 0 spiro atoms. The lowest BCUT2D eigenvalue weighted by molar-refractivity contribution is -0.126. The first-order chi connectivity index (χ1) is 8.79. The second-order valence-corrected chi connectivity index (χ2v) is 6.47. The Labute approximate surface area is 115 Å². The number of thioether (sulfide) groups is 1. The van der Waals surface area contributed by atoms with E-state index < -0.39 is 0 Å². The molecule has 1 aliphatic carbocycles. The van der Waals surface area contributed by atoms with Gasteiger partial charge in [0, 0.05) is 12.1 Å². The van der Waals surface area contributed by atoms with E-state index in [4.69, 9.17) is 0 Å². The molecule has 1 amide bonds. The predicted molar refractivity (Wildman–Crippen MR) is 78.7 cm³/mol. The Morgan fingerprint density at radius 2 is 2.00 bits per heavy atom. The molecule has 1 aliphatic heterocycles. The Morgan fingerprint density at radius 3 is 2.72 bits per heavy atom. The van der Waals surface area contributed by atoms with E-state index in [1.54, 1.807) is 0 Å². The summed E-state index contributed by atoms with van der Waals surface area (Å²) in [5.74, 6) is 1.52. The molecule has 0 fully saturated rings. The van der Waals surface area contributed by atoms with Gasteiger partial charge >= 0.3 is 0 Å². The summed E-state index contributed by atoms with van der Waals surface area (Å²) in [7, 11) is 0. The molecule has 0 aromatic carbocycles. The smallest absolute Gasteiger partial charge is 0.250 e. The van der Waals surface area contributed by atoms with Crippen LogP contribution in [0.1, 0.15) is 58.8 Å². The van der Waals surface area contributed by atoms with Crippen LogP contribution in [-0.4, -0.2) is 28.5 Å². The number of nitrogens with zero attached hydrogens (tertiary/aromatic N) is 1. The lowest BCUT2D eigenvalue weighted by Gasteiger charge is -2.26. The molecule has 2 nitrogen and oxygen atoms in total. The van der Waals surface area contributed by atoms with Gasteiger partial charge in [-0.3, -0.25) is 4.79 Å². The third kappa shape index (κ3) is 2.76. The van der Waals surface area contributed by atoms with Crippen molar-refractivity contribution in [2.45, 2.75) is 64.2 Å². The Morgan fingerprint density at radius 1 is 1.22 bits per heavy atom. The molecule has 0 N–H and O–H groups in total. The average molecular weight is 267 g/mol. The minimum absolute atomic E-state index is 0.353. The van der Waals surface area contributed by atoms with Crippen LogP contribution in [-0.2, 0) is 4.79 Å². The summed E-state index contributed by atoms with van der Waals surface area (Å²) >= 11 is 1.98. The van der Waals surface area contributed by atoms with Gasteiger partial charge in [-0.05, 0) is 49.9 Å². The van der Waals surface area contributed by atoms with Gasteiger partial charge in [0.2, 0.25) is 0 Å². The van der Waals surface area contributed by atoms with Crippen molar-refractivity contribution in [3.63, 3.8) is 0 Å². The molecular weight excluding hydrogens is 242 g/mol. The Kier molecular flexibility index (Phi) is 5.16. The zero-order chi connectivity index (χ0) is 13.0. The van der Waals surface area contributed by atoms with Crippen molar-refractivity contribution in [3.8, 4) is 0 Å². The van der Waals surface area contributed by atoms with Gasteiger partial charge in [-0.2, -0.15) is 0 Å².